The number of hydrogen-bond donors (Lipinski definition) is 3. The van der Waals surface area contributed by atoms with E-state index in [2.05, 4.69) is 20.6 Å². The molecule has 0 bridgehead atoms. The minimum atomic E-state index is -0.286. The summed E-state index contributed by atoms with van der Waals surface area (Å²) in [6, 6.07) is 5.74. The van der Waals surface area contributed by atoms with Gasteiger partial charge in [0.1, 0.15) is 23.8 Å². The number of anilines is 3. The normalized spacial score (nSPS) is 15.1. The largest absolute Gasteiger partial charge is 0.395 e. The maximum Gasteiger partial charge on any atom is 0.262 e. The summed E-state index contributed by atoms with van der Waals surface area (Å²) in [4.78, 5) is 26.7. The first-order chi connectivity index (χ1) is 15.3. The SMILES string of the molecule is CC(C)(C)Nc1nc(Nc2cc(C3CCCCC3)ncn2)cc2ccn(CCO)c(=O)c12. The van der Waals surface area contributed by atoms with Gasteiger partial charge in [-0.25, -0.2) is 15.0 Å². The third kappa shape index (κ3) is 5.07. The van der Waals surface area contributed by atoms with Crippen molar-refractivity contribution in [1.82, 2.24) is 19.5 Å². The van der Waals surface area contributed by atoms with Crippen LogP contribution in [0.1, 0.15) is 64.5 Å². The van der Waals surface area contributed by atoms with Gasteiger partial charge in [-0.1, -0.05) is 19.3 Å². The van der Waals surface area contributed by atoms with E-state index < -0.39 is 0 Å². The molecule has 1 aliphatic carbocycles. The van der Waals surface area contributed by atoms with Crippen LogP contribution in [0.2, 0.25) is 0 Å². The fraction of sp³-hybridized carbons (Fsp3) is 0.500. The summed E-state index contributed by atoms with van der Waals surface area (Å²) in [7, 11) is 0. The van der Waals surface area contributed by atoms with Gasteiger partial charge in [0.25, 0.3) is 5.56 Å². The molecule has 0 saturated heterocycles. The smallest absolute Gasteiger partial charge is 0.262 e. The Kier molecular flexibility index (Phi) is 6.41. The first-order valence-electron chi connectivity index (χ1n) is 11.4. The van der Waals surface area contributed by atoms with Crippen molar-refractivity contribution in [3.8, 4) is 0 Å². The Morgan fingerprint density at radius 2 is 1.91 bits per heavy atom. The molecule has 0 unspecified atom stereocenters. The van der Waals surface area contributed by atoms with Crippen LogP contribution < -0.4 is 16.2 Å². The highest BCUT2D eigenvalue weighted by Crippen LogP contribution is 2.32. The number of fused-ring (bicyclic) bond motifs is 1. The van der Waals surface area contributed by atoms with Crippen LogP contribution in [0.25, 0.3) is 10.8 Å². The molecule has 4 rings (SSSR count). The predicted molar refractivity (Wildman–Crippen MR) is 128 cm³/mol. The second-order valence-electron chi connectivity index (χ2n) is 9.52. The molecule has 0 aromatic carbocycles. The molecular formula is C24H32N6O2. The predicted octanol–water partition coefficient (Wildman–Crippen LogP) is 4.18. The van der Waals surface area contributed by atoms with Gasteiger partial charge >= 0.3 is 0 Å². The Hall–Kier alpha value is -3.00. The molecule has 1 aliphatic rings. The molecule has 3 heterocycles. The fourth-order valence-electron chi connectivity index (χ4n) is 4.29. The van der Waals surface area contributed by atoms with Gasteiger partial charge < -0.3 is 20.3 Å². The number of nitrogens with zero attached hydrogens (tertiary/aromatic N) is 4. The van der Waals surface area contributed by atoms with Crippen molar-refractivity contribution in [2.75, 3.05) is 17.2 Å². The van der Waals surface area contributed by atoms with Crippen LogP contribution >= 0.6 is 0 Å². The van der Waals surface area contributed by atoms with Crippen molar-refractivity contribution in [3.05, 3.63) is 46.8 Å². The monoisotopic (exact) mass is 436 g/mol. The molecule has 3 N–H and O–H groups in total. The number of aliphatic hydroxyl groups excluding tert-OH is 1. The van der Waals surface area contributed by atoms with E-state index in [1.54, 1.807) is 12.5 Å². The van der Waals surface area contributed by atoms with Crippen molar-refractivity contribution in [3.63, 3.8) is 0 Å². The van der Waals surface area contributed by atoms with E-state index in [-0.39, 0.29) is 24.2 Å². The van der Waals surface area contributed by atoms with Gasteiger partial charge in [-0.2, -0.15) is 0 Å². The van der Waals surface area contributed by atoms with Crippen molar-refractivity contribution < 1.29 is 5.11 Å². The summed E-state index contributed by atoms with van der Waals surface area (Å²) in [6.07, 6.45) is 9.46. The maximum atomic E-state index is 13.0. The molecule has 0 spiro atoms. The molecule has 3 aromatic heterocycles. The number of rotatable bonds is 6. The van der Waals surface area contributed by atoms with Crippen LogP contribution in [0, 0.1) is 0 Å². The van der Waals surface area contributed by atoms with E-state index in [0.29, 0.717) is 28.8 Å². The molecule has 32 heavy (non-hydrogen) atoms. The maximum absolute atomic E-state index is 13.0. The Labute approximate surface area is 188 Å². The fourth-order valence-corrected chi connectivity index (χ4v) is 4.29. The van der Waals surface area contributed by atoms with Crippen LogP contribution in [-0.2, 0) is 6.54 Å². The van der Waals surface area contributed by atoms with Crippen molar-refractivity contribution >= 4 is 28.2 Å². The third-order valence-corrected chi connectivity index (χ3v) is 5.76. The summed E-state index contributed by atoms with van der Waals surface area (Å²) in [5.41, 5.74) is 0.609. The Morgan fingerprint density at radius 3 is 2.62 bits per heavy atom. The van der Waals surface area contributed by atoms with Gasteiger partial charge in [-0.05, 0) is 51.1 Å². The van der Waals surface area contributed by atoms with Gasteiger partial charge in [0.15, 0.2) is 0 Å². The highest BCUT2D eigenvalue weighted by molar-refractivity contribution is 5.93. The molecule has 0 aliphatic heterocycles. The standard InChI is InChI=1S/C24H32N6O2/c1-24(2,3)29-22-21-17(9-10-30(11-12-31)23(21)32)13-20(28-22)27-19-14-18(25-15-26-19)16-7-5-4-6-8-16/h9-10,13-16,31H,4-8,11-12H2,1-3H3,(H2,25,26,27,28,29). The number of aliphatic hydroxyl groups is 1. The van der Waals surface area contributed by atoms with E-state index in [0.717, 1.165) is 11.1 Å². The molecule has 0 radical (unpaired) electrons. The first kappa shape index (κ1) is 22.2. The van der Waals surface area contributed by atoms with Gasteiger partial charge in [0, 0.05) is 36.0 Å². The molecule has 170 valence electrons. The summed E-state index contributed by atoms with van der Waals surface area (Å²) in [5.74, 6) is 2.30. The van der Waals surface area contributed by atoms with E-state index in [1.165, 1.54) is 36.7 Å². The lowest BCUT2D eigenvalue weighted by atomic mass is 9.87. The first-order valence-corrected chi connectivity index (χ1v) is 11.4. The van der Waals surface area contributed by atoms with E-state index in [1.807, 2.05) is 39.0 Å². The average Bonchev–Trinajstić information content (AvgIpc) is 2.75. The Morgan fingerprint density at radius 1 is 1.12 bits per heavy atom. The molecular weight excluding hydrogens is 404 g/mol. The molecule has 8 nitrogen and oxygen atoms in total. The second kappa shape index (κ2) is 9.24. The number of hydrogen-bond acceptors (Lipinski definition) is 7. The summed E-state index contributed by atoms with van der Waals surface area (Å²) >= 11 is 0. The Bertz CT molecular complexity index is 1150. The molecule has 8 heteroatoms. The zero-order valence-electron chi connectivity index (χ0n) is 19.1. The number of aromatic nitrogens is 4. The highest BCUT2D eigenvalue weighted by atomic mass is 16.3. The van der Waals surface area contributed by atoms with Gasteiger partial charge in [0.05, 0.1) is 12.0 Å². The molecule has 3 aromatic rings. The number of nitrogens with one attached hydrogen (secondary N) is 2. The lowest BCUT2D eigenvalue weighted by molar-refractivity contribution is 0.274. The van der Waals surface area contributed by atoms with Gasteiger partial charge in [-0.3, -0.25) is 4.79 Å². The van der Waals surface area contributed by atoms with Gasteiger partial charge in [0.2, 0.25) is 0 Å². The lowest BCUT2D eigenvalue weighted by Crippen LogP contribution is -2.29. The van der Waals surface area contributed by atoms with Crippen molar-refractivity contribution in [2.45, 2.75) is 70.9 Å². The molecule has 0 amide bonds. The summed E-state index contributed by atoms with van der Waals surface area (Å²) < 4.78 is 1.51. The van der Waals surface area contributed by atoms with Crippen LogP contribution in [-0.4, -0.2) is 36.8 Å². The second-order valence-corrected chi connectivity index (χ2v) is 9.52. The van der Waals surface area contributed by atoms with Crippen LogP contribution in [0.4, 0.5) is 17.5 Å². The van der Waals surface area contributed by atoms with E-state index >= 15 is 0 Å². The van der Waals surface area contributed by atoms with Crippen LogP contribution in [0.3, 0.4) is 0 Å². The van der Waals surface area contributed by atoms with Crippen LogP contribution in [0.5, 0.6) is 0 Å². The zero-order valence-corrected chi connectivity index (χ0v) is 19.1. The molecule has 0 atom stereocenters. The van der Waals surface area contributed by atoms with Crippen LogP contribution in [0.15, 0.2) is 35.5 Å². The van der Waals surface area contributed by atoms with Crippen molar-refractivity contribution in [1.29, 1.82) is 0 Å². The van der Waals surface area contributed by atoms with Gasteiger partial charge in [-0.15, -0.1) is 0 Å². The highest BCUT2D eigenvalue weighted by Gasteiger charge is 2.19. The van der Waals surface area contributed by atoms with Crippen molar-refractivity contribution in [2.24, 2.45) is 0 Å². The number of pyridine rings is 2. The quantitative estimate of drug-likeness (QED) is 0.532. The summed E-state index contributed by atoms with van der Waals surface area (Å²) in [5, 5.41) is 17.2. The zero-order chi connectivity index (χ0) is 22.7. The molecule has 1 fully saturated rings. The minimum Gasteiger partial charge on any atom is -0.395 e. The Balaban J connectivity index is 1.72. The van der Waals surface area contributed by atoms with E-state index in [9.17, 15) is 9.90 Å². The average molecular weight is 437 g/mol. The minimum absolute atomic E-state index is 0.0996. The topological polar surface area (TPSA) is 105 Å². The third-order valence-electron chi connectivity index (χ3n) is 5.76. The summed E-state index contributed by atoms with van der Waals surface area (Å²) in [6.45, 7) is 6.22. The van der Waals surface area contributed by atoms with E-state index in [4.69, 9.17) is 4.98 Å². The lowest BCUT2D eigenvalue weighted by Gasteiger charge is -2.23. The molecule has 1 saturated carbocycles.